The molecule has 3 rings (SSSR count). The second kappa shape index (κ2) is 7.54. The molecular formula is C19H25F2N3O4. The first-order chi connectivity index (χ1) is 13.2. The number of nitrogens with zero attached hydrogens (tertiary/aromatic N) is 2. The van der Waals surface area contributed by atoms with Gasteiger partial charge in [0, 0.05) is 39.3 Å². The minimum Gasteiger partial charge on any atom is -0.441 e. The monoisotopic (exact) mass is 397 g/mol. The molecule has 7 nitrogen and oxygen atoms in total. The quantitative estimate of drug-likeness (QED) is 0.798. The Kier molecular flexibility index (Phi) is 5.47. The SMILES string of the molecule is CCC(C)(NC(C)=O)[C@@H]1CN(c2cc(F)c(N3CC(OC)C3)c(F)c2)C(=O)O1. The zero-order valence-electron chi connectivity index (χ0n) is 16.4. The molecule has 1 aromatic carbocycles. The van der Waals surface area contributed by atoms with Crippen molar-refractivity contribution in [3.05, 3.63) is 23.8 Å². The summed E-state index contributed by atoms with van der Waals surface area (Å²) in [7, 11) is 1.55. The summed E-state index contributed by atoms with van der Waals surface area (Å²) in [5, 5.41) is 2.80. The van der Waals surface area contributed by atoms with Crippen LogP contribution in [0.3, 0.4) is 0 Å². The number of amides is 2. The van der Waals surface area contributed by atoms with Crippen LogP contribution in [0.5, 0.6) is 0 Å². The van der Waals surface area contributed by atoms with Crippen LogP contribution < -0.4 is 15.1 Å². The molecule has 1 N–H and O–H groups in total. The van der Waals surface area contributed by atoms with Crippen molar-refractivity contribution >= 4 is 23.4 Å². The Bertz CT molecular complexity index is 761. The minimum absolute atomic E-state index is 0.0479. The average Bonchev–Trinajstić information content (AvgIpc) is 2.97. The van der Waals surface area contributed by atoms with Crippen LogP contribution in [-0.2, 0) is 14.3 Å². The zero-order chi connectivity index (χ0) is 20.6. The summed E-state index contributed by atoms with van der Waals surface area (Å²) in [5.41, 5.74) is -0.825. The maximum absolute atomic E-state index is 14.6. The van der Waals surface area contributed by atoms with E-state index in [1.54, 1.807) is 18.9 Å². The number of benzene rings is 1. The van der Waals surface area contributed by atoms with E-state index in [1.807, 2.05) is 6.92 Å². The lowest BCUT2D eigenvalue weighted by Gasteiger charge is -2.40. The predicted octanol–water partition coefficient (Wildman–Crippen LogP) is 2.43. The van der Waals surface area contributed by atoms with Crippen LogP contribution >= 0.6 is 0 Å². The molecule has 2 aliphatic rings. The highest BCUT2D eigenvalue weighted by Gasteiger charge is 2.44. The Morgan fingerprint density at radius 2 is 1.93 bits per heavy atom. The summed E-state index contributed by atoms with van der Waals surface area (Å²) in [6, 6.07) is 2.26. The van der Waals surface area contributed by atoms with E-state index in [4.69, 9.17) is 9.47 Å². The number of carbonyl (C=O) groups is 2. The van der Waals surface area contributed by atoms with E-state index in [2.05, 4.69) is 5.32 Å². The summed E-state index contributed by atoms with van der Waals surface area (Å²) in [5.74, 6) is -1.74. The third-order valence-electron chi connectivity index (χ3n) is 5.53. The van der Waals surface area contributed by atoms with E-state index >= 15 is 0 Å². The molecule has 1 aromatic rings. The zero-order valence-corrected chi connectivity index (χ0v) is 16.4. The molecular weight excluding hydrogens is 372 g/mol. The number of rotatable bonds is 6. The number of hydrogen-bond acceptors (Lipinski definition) is 5. The number of methoxy groups -OCH3 is 1. The number of anilines is 2. The minimum atomic E-state index is -0.778. The maximum atomic E-state index is 14.6. The first-order valence-electron chi connectivity index (χ1n) is 9.22. The van der Waals surface area contributed by atoms with Crippen molar-refractivity contribution in [3.63, 3.8) is 0 Å². The second-order valence-corrected chi connectivity index (χ2v) is 7.46. The predicted molar refractivity (Wildman–Crippen MR) is 99.5 cm³/mol. The molecule has 154 valence electrons. The molecule has 9 heteroatoms. The van der Waals surface area contributed by atoms with Gasteiger partial charge in [-0.25, -0.2) is 13.6 Å². The van der Waals surface area contributed by atoms with Gasteiger partial charge in [0.05, 0.1) is 23.9 Å². The number of carbonyl (C=O) groups excluding carboxylic acids is 2. The number of nitrogens with one attached hydrogen (secondary N) is 1. The fraction of sp³-hybridized carbons (Fsp3) is 0.579. The Morgan fingerprint density at radius 3 is 2.43 bits per heavy atom. The maximum Gasteiger partial charge on any atom is 0.414 e. The summed E-state index contributed by atoms with van der Waals surface area (Å²) in [6.45, 7) is 5.91. The lowest BCUT2D eigenvalue weighted by Crippen LogP contribution is -2.55. The van der Waals surface area contributed by atoms with Gasteiger partial charge in [-0.1, -0.05) is 6.92 Å². The molecule has 2 amide bonds. The molecule has 1 unspecified atom stereocenters. The normalized spacial score (nSPS) is 21.9. The molecule has 0 spiro atoms. The largest absolute Gasteiger partial charge is 0.441 e. The molecule has 0 bridgehead atoms. The first-order valence-corrected chi connectivity index (χ1v) is 9.22. The Hall–Kier alpha value is -2.42. The molecule has 2 saturated heterocycles. The number of halogens is 2. The van der Waals surface area contributed by atoms with Crippen LogP contribution in [0.2, 0.25) is 0 Å². The van der Waals surface area contributed by atoms with E-state index in [9.17, 15) is 18.4 Å². The number of cyclic esters (lactones) is 1. The van der Waals surface area contributed by atoms with E-state index < -0.39 is 29.4 Å². The van der Waals surface area contributed by atoms with Gasteiger partial charge in [-0.15, -0.1) is 0 Å². The van der Waals surface area contributed by atoms with Crippen LogP contribution in [0.4, 0.5) is 25.0 Å². The highest BCUT2D eigenvalue weighted by atomic mass is 19.1. The van der Waals surface area contributed by atoms with Crippen LogP contribution in [0.25, 0.3) is 0 Å². The summed E-state index contributed by atoms with van der Waals surface area (Å²) in [6.07, 6.45) is -0.869. The highest BCUT2D eigenvalue weighted by Crippen LogP contribution is 2.35. The third-order valence-corrected chi connectivity index (χ3v) is 5.53. The Labute approximate surface area is 162 Å². The summed E-state index contributed by atoms with van der Waals surface area (Å²) < 4.78 is 39.7. The van der Waals surface area contributed by atoms with Crippen molar-refractivity contribution in [2.75, 3.05) is 36.5 Å². The van der Waals surface area contributed by atoms with Crippen molar-refractivity contribution in [1.29, 1.82) is 0 Å². The van der Waals surface area contributed by atoms with E-state index in [0.717, 1.165) is 12.1 Å². The fourth-order valence-electron chi connectivity index (χ4n) is 3.58. The van der Waals surface area contributed by atoms with Crippen LogP contribution in [0.15, 0.2) is 12.1 Å². The molecule has 2 heterocycles. The Morgan fingerprint density at radius 1 is 1.32 bits per heavy atom. The van der Waals surface area contributed by atoms with Gasteiger partial charge in [0.25, 0.3) is 0 Å². The summed E-state index contributed by atoms with van der Waals surface area (Å²) >= 11 is 0. The molecule has 2 fully saturated rings. The number of ether oxygens (including phenoxy) is 2. The fourth-order valence-corrected chi connectivity index (χ4v) is 3.58. The molecule has 0 saturated carbocycles. The van der Waals surface area contributed by atoms with Gasteiger partial charge in [-0.2, -0.15) is 0 Å². The van der Waals surface area contributed by atoms with Crippen molar-refractivity contribution < 1.29 is 27.8 Å². The highest BCUT2D eigenvalue weighted by molar-refractivity contribution is 5.90. The van der Waals surface area contributed by atoms with Gasteiger partial charge >= 0.3 is 6.09 Å². The molecule has 0 aromatic heterocycles. The van der Waals surface area contributed by atoms with Crippen molar-refractivity contribution in [2.24, 2.45) is 0 Å². The molecule has 2 atom stereocenters. The van der Waals surface area contributed by atoms with Gasteiger partial charge in [-0.3, -0.25) is 9.69 Å². The summed E-state index contributed by atoms with van der Waals surface area (Å²) in [4.78, 5) is 26.6. The number of hydrogen-bond donors (Lipinski definition) is 1. The lowest BCUT2D eigenvalue weighted by atomic mass is 9.91. The van der Waals surface area contributed by atoms with E-state index in [1.165, 1.54) is 11.8 Å². The standard InChI is InChI=1S/C19H25F2N3O4/c1-5-19(3,22-11(2)25)16-10-24(18(26)28-16)12-6-14(20)17(15(21)7-12)23-8-13(9-23)27-4/h6-7,13,16H,5,8-10H2,1-4H3,(H,22,25)/t16-,19?/m0/s1. The van der Waals surface area contributed by atoms with E-state index in [0.29, 0.717) is 19.5 Å². The third kappa shape index (κ3) is 3.63. The van der Waals surface area contributed by atoms with Crippen LogP contribution in [0.1, 0.15) is 27.2 Å². The smallest absolute Gasteiger partial charge is 0.414 e. The van der Waals surface area contributed by atoms with Gasteiger partial charge in [-0.05, 0) is 13.3 Å². The van der Waals surface area contributed by atoms with Crippen molar-refractivity contribution in [3.8, 4) is 0 Å². The molecule has 28 heavy (non-hydrogen) atoms. The van der Waals surface area contributed by atoms with Crippen LogP contribution in [-0.4, -0.2) is 56.5 Å². The van der Waals surface area contributed by atoms with Gasteiger partial charge < -0.3 is 19.7 Å². The van der Waals surface area contributed by atoms with Gasteiger partial charge in [0.1, 0.15) is 11.8 Å². The molecule has 2 aliphatic heterocycles. The van der Waals surface area contributed by atoms with Crippen molar-refractivity contribution in [2.45, 2.75) is 44.9 Å². The topological polar surface area (TPSA) is 71.1 Å². The molecule has 0 radical (unpaired) electrons. The van der Waals surface area contributed by atoms with Crippen molar-refractivity contribution in [1.82, 2.24) is 5.32 Å². The average molecular weight is 397 g/mol. The Balaban J connectivity index is 1.80. The second-order valence-electron chi connectivity index (χ2n) is 7.46. The van der Waals surface area contributed by atoms with Crippen LogP contribution in [0, 0.1) is 11.6 Å². The van der Waals surface area contributed by atoms with Gasteiger partial charge in [0.2, 0.25) is 5.91 Å². The lowest BCUT2D eigenvalue weighted by molar-refractivity contribution is -0.122. The van der Waals surface area contributed by atoms with Gasteiger partial charge in [0.15, 0.2) is 11.6 Å². The first kappa shape index (κ1) is 20.3. The molecule has 0 aliphatic carbocycles. The van der Waals surface area contributed by atoms with E-state index in [-0.39, 0.29) is 29.9 Å².